The van der Waals surface area contributed by atoms with Gasteiger partial charge in [-0.25, -0.2) is 27.6 Å². The second kappa shape index (κ2) is 10.7. The third-order valence-electron chi connectivity index (χ3n) is 6.22. The molecule has 3 N–H and O–H groups in total. The molecule has 0 spiro atoms. The van der Waals surface area contributed by atoms with Crippen LogP contribution in [-0.4, -0.2) is 69.2 Å². The number of rotatable bonds is 10. The zero-order valence-corrected chi connectivity index (χ0v) is 22.9. The fourth-order valence-corrected chi connectivity index (χ4v) is 5.25. The Bertz CT molecular complexity index is 1460. The highest BCUT2D eigenvalue weighted by Gasteiger charge is 2.36. The summed E-state index contributed by atoms with van der Waals surface area (Å²) in [4.78, 5) is 21.1. The van der Waals surface area contributed by atoms with E-state index in [0.717, 1.165) is 0 Å². The molecule has 2 heterocycles. The fourth-order valence-electron chi connectivity index (χ4n) is 3.65. The summed E-state index contributed by atoms with van der Waals surface area (Å²) in [6, 6.07) is 3.86. The number of nitrogens with one attached hydrogen (secondary N) is 2. The lowest BCUT2D eigenvalue weighted by Crippen LogP contribution is -2.38. The number of hydrogen-bond donors (Lipinski definition) is 3. The molecular weight excluding hydrogens is 537 g/mol. The number of benzene rings is 1. The number of amides is 1. The molecule has 4 rings (SSSR count). The monoisotopic (exact) mass is 565 g/mol. The number of halogens is 2. The van der Waals surface area contributed by atoms with Crippen LogP contribution in [0.2, 0.25) is 5.02 Å². The highest BCUT2D eigenvalue weighted by atomic mass is 35.5. The molecule has 0 bridgehead atoms. The molecule has 0 unspecified atom stereocenters. The number of anilines is 2. The van der Waals surface area contributed by atoms with Crippen molar-refractivity contribution in [3.8, 4) is 22.5 Å². The number of nitrogens with zero attached hydrogens (tertiary/aromatic N) is 5. The third-order valence-corrected chi connectivity index (χ3v) is 8.29. The predicted molar refractivity (Wildman–Crippen MR) is 143 cm³/mol. The summed E-state index contributed by atoms with van der Waals surface area (Å²) >= 11 is 6.29. The molecule has 0 radical (unpaired) electrons. The molecule has 11 nitrogen and oxygen atoms in total. The van der Waals surface area contributed by atoms with Crippen molar-refractivity contribution in [3.05, 3.63) is 41.4 Å². The molecule has 204 valence electrons. The Balaban J connectivity index is 1.72. The second-order valence-electron chi connectivity index (χ2n) is 9.52. The first-order valence-electron chi connectivity index (χ1n) is 12.0. The van der Waals surface area contributed by atoms with Crippen molar-refractivity contribution >= 4 is 39.4 Å². The molecule has 1 amide bonds. The first-order chi connectivity index (χ1) is 17.9. The summed E-state index contributed by atoms with van der Waals surface area (Å²) in [5.74, 6) is -0.548. The summed E-state index contributed by atoms with van der Waals surface area (Å²) < 4.78 is 44.7. The average Bonchev–Trinajstić information content (AvgIpc) is 3.63. The highest BCUT2D eigenvalue weighted by molar-refractivity contribution is 7.93. The van der Waals surface area contributed by atoms with Gasteiger partial charge in [-0.3, -0.25) is 9.40 Å². The van der Waals surface area contributed by atoms with Crippen molar-refractivity contribution in [2.45, 2.75) is 50.9 Å². The van der Waals surface area contributed by atoms with Crippen molar-refractivity contribution < 1.29 is 22.7 Å². The van der Waals surface area contributed by atoms with E-state index in [9.17, 15) is 13.2 Å². The summed E-state index contributed by atoms with van der Waals surface area (Å²) in [6.07, 6.45) is 3.26. The molecule has 1 atom stereocenters. The molecule has 1 fully saturated rings. The van der Waals surface area contributed by atoms with Gasteiger partial charge in [-0.05, 0) is 51.8 Å². The Morgan fingerprint density at radius 2 is 2.00 bits per heavy atom. The molecule has 1 aromatic carbocycles. The van der Waals surface area contributed by atoms with Crippen LogP contribution in [0.1, 0.15) is 39.7 Å². The van der Waals surface area contributed by atoms with Crippen LogP contribution < -0.4 is 10.0 Å². The van der Waals surface area contributed by atoms with Crippen molar-refractivity contribution in [2.75, 3.05) is 23.6 Å². The van der Waals surface area contributed by atoms with Gasteiger partial charge in [-0.15, -0.1) is 0 Å². The van der Waals surface area contributed by atoms with Crippen LogP contribution in [0.5, 0.6) is 0 Å². The number of aromatic nitrogens is 4. The van der Waals surface area contributed by atoms with Gasteiger partial charge in [0.2, 0.25) is 16.0 Å². The van der Waals surface area contributed by atoms with Gasteiger partial charge in [0.05, 0.1) is 16.6 Å². The van der Waals surface area contributed by atoms with Crippen molar-refractivity contribution in [3.63, 3.8) is 0 Å². The zero-order chi connectivity index (χ0) is 27.8. The smallest absolute Gasteiger partial charge is 0.407 e. The second-order valence-corrected chi connectivity index (χ2v) is 11.9. The molecule has 1 aliphatic rings. The number of likely N-dealkylation sites (N-methyl/N-ethyl adjacent to an activating group) is 1. The Kier molecular flexibility index (Phi) is 7.79. The molecule has 0 saturated heterocycles. The SMILES string of the molecule is CC(C)n1cc(-c2ccnc(NC[C@H](C)N(C)C(=O)O)n2)c(-c2cc(Cl)cc(NS(=O)(=O)C3CC3)c2F)n1. The average molecular weight is 566 g/mol. The van der Waals surface area contributed by atoms with E-state index in [4.69, 9.17) is 16.7 Å². The lowest BCUT2D eigenvalue weighted by Gasteiger charge is -2.21. The maximum absolute atomic E-state index is 15.8. The summed E-state index contributed by atoms with van der Waals surface area (Å²) in [6.45, 7) is 5.83. The van der Waals surface area contributed by atoms with Gasteiger partial charge in [-0.1, -0.05) is 11.6 Å². The molecule has 1 aliphatic carbocycles. The number of hydrogen-bond acceptors (Lipinski definition) is 7. The van der Waals surface area contributed by atoms with Crippen LogP contribution in [0.3, 0.4) is 0 Å². The van der Waals surface area contributed by atoms with Gasteiger partial charge in [0.1, 0.15) is 5.69 Å². The normalized spacial score (nSPS) is 14.4. The Labute approximate surface area is 225 Å². The van der Waals surface area contributed by atoms with Crippen LogP contribution in [-0.2, 0) is 10.0 Å². The van der Waals surface area contributed by atoms with Crippen molar-refractivity contribution in [1.29, 1.82) is 0 Å². The van der Waals surface area contributed by atoms with Crippen LogP contribution >= 0.6 is 11.6 Å². The first-order valence-corrected chi connectivity index (χ1v) is 13.9. The summed E-state index contributed by atoms with van der Waals surface area (Å²) in [5.41, 5.74) is 0.922. The van der Waals surface area contributed by atoms with Gasteiger partial charge in [0.15, 0.2) is 5.82 Å². The predicted octanol–water partition coefficient (Wildman–Crippen LogP) is 4.69. The number of carboxylic acid groups (broad SMARTS) is 1. The van der Waals surface area contributed by atoms with Gasteiger partial charge in [0.25, 0.3) is 0 Å². The molecule has 3 aromatic rings. The van der Waals surface area contributed by atoms with E-state index in [2.05, 4.69) is 25.1 Å². The Morgan fingerprint density at radius 1 is 1.29 bits per heavy atom. The molecule has 38 heavy (non-hydrogen) atoms. The minimum Gasteiger partial charge on any atom is -0.465 e. The molecule has 0 aliphatic heterocycles. The molecular formula is C24H29ClFN7O4S. The van der Waals surface area contributed by atoms with E-state index >= 15 is 4.39 Å². The minimum absolute atomic E-state index is 0.0187. The van der Waals surface area contributed by atoms with E-state index in [1.54, 1.807) is 23.9 Å². The largest absolute Gasteiger partial charge is 0.465 e. The van der Waals surface area contributed by atoms with Crippen LogP contribution in [0.25, 0.3) is 22.5 Å². The quantitative estimate of drug-likeness (QED) is 0.321. The number of sulfonamides is 1. The molecule has 2 aromatic heterocycles. The van der Waals surface area contributed by atoms with Gasteiger partial charge in [-0.2, -0.15) is 5.10 Å². The fraction of sp³-hybridized carbons (Fsp3) is 0.417. The zero-order valence-electron chi connectivity index (χ0n) is 21.3. The standard InChI is InChI=1S/C24H29ClFN7O4S/c1-13(2)33-12-18(19-7-8-27-23(29-19)28-11-14(3)32(4)24(34)35)22(30-33)17-9-15(25)10-20(21(17)26)31-38(36,37)16-5-6-16/h7-10,12-14,16,31H,5-6,11H2,1-4H3,(H,34,35)(H,27,28,29)/t14-/m0/s1. The topological polar surface area (TPSA) is 142 Å². The van der Waals surface area contributed by atoms with E-state index in [1.165, 1.54) is 30.3 Å². The molecule has 14 heteroatoms. The van der Waals surface area contributed by atoms with Gasteiger partial charge in [0, 0.05) is 54.2 Å². The van der Waals surface area contributed by atoms with Crippen LogP contribution in [0.4, 0.5) is 20.8 Å². The summed E-state index contributed by atoms with van der Waals surface area (Å²) in [7, 11) is -2.25. The van der Waals surface area contributed by atoms with Gasteiger partial charge >= 0.3 is 6.09 Å². The lowest BCUT2D eigenvalue weighted by atomic mass is 10.0. The summed E-state index contributed by atoms with van der Waals surface area (Å²) in [5, 5.41) is 16.4. The Morgan fingerprint density at radius 3 is 2.63 bits per heavy atom. The van der Waals surface area contributed by atoms with Gasteiger partial charge < -0.3 is 15.3 Å². The maximum Gasteiger partial charge on any atom is 0.407 e. The molecule has 1 saturated carbocycles. The minimum atomic E-state index is -3.72. The highest BCUT2D eigenvalue weighted by Crippen LogP contribution is 2.38. The number of carbonyl (C=O) groups is 1. The maximum atomic E-state index is 15.8. The lowest BCUT2D eigenvalue weighted by molar-refractivity contribution is 0.144. The Hall–Kier alpha value is -3.45. The van der Waals surface area contributed by atoms with Crippen LogP contribution in [0.15, 0.2) is 30.6 Å². The van der Waals surface area contributed by atoms with E-state index in [-0.39, 0.29) is 46.5 Å². The third kappa shape index (κ3) is 5.99. The van der Waals surface area contributed by atoms with Crippen LogP contribution in [0, 0.1) is 5.82 Å². The van der Waals surface area contributed by atoms with E-state index in [0.29, 0.717) is 24.1 Å². The van der Waals surface area contributed by atoms with E-state index < -0.39 is 27.2 Å². The van der Waals surface area contributed by atoms with Crippen molar-refractivity contribution in [2.24, 2.45) is 0 Å². The first kappa shape index (κ1) is 27.6. The van der Waals surface area contributed by atoms with Crippen molar-refractivity contribution in [1.82, 2.24) is 24.6 Å². The van der Waals surface area contributed by atoms with E-state index in [1.807, 2.05) is 13.8 Å².